The van der Waals surface area contributed by atoms with E-state index in [4.69, 9.17) is 0 Å². The van der Waals surface area contributed by atoms with Crippen LogP contribution in [-0.4, -0.2) is 28.6 Å². The molecule has 6 nitrogen and oxygen atoms in total. The van der Waals surface area contributed by atoms with Gasteiger partial charge in [-0.1, -0.05) is 24.7 Å². The lowest BCUT2D eigenvalue weighted by atomic mass is 10.3. The zero-order valence-corrected chi connectivity index (χ0v) is 11.0. The van der Waals surface area contributed by atoms with Crippen LogP contribution in [0.4, 0.5) is 10.3 Å². The molecule has 0 bridgehead atoms. The standard InChI is InChI=1S/C10H16N4O2S/c1-4-5-6-14(8(3)16)10-13-12-9(17-10)11-7(2)15/h4-6H2,1-3H3,(H,11,12,15). The highest BCUT2D eigenvalue weighted by Gasteiger charge is 2.16. The maximum Gasteiger partial charge on any atom is 0.225 e. The normalized spacial score (nSPS) is 10.1. The molecule has 0 spiro atoms. The molecule has 0 unspecified atom stereocenters. The van der Waals surface area contributed by atoms with Gasteiger partial charge in [0, 0.05) is 20.4 Å². The Hall–Kier alpha value is -1.50. The van der Waals surface area contributed by atoms with Crippen LogP contribution in [0.3, 0.4) is 0 Å². The molecule has 7 heteroatoms. The molecule has 0 aliphatic carbocycles. The maximum absolute atomic E-state index is 11.5. The molecule has 1 heterocycles. The fraction of sp³-hybridized carbons (Fsp3) is 0.600. The van der Waals surface area contributed by atoms with Crippen molar-refractivity contribution in [1.29, 1.82) is 0 Å². The summed E-state index contributed by atoms with van der Waals surface area (Å²) in [5.74, 6) is -0.264. The number of nitrogens with one attached hydrogen (secondary N) is 1. The van der Waals surface area contributed by atoms with Gasteiger partial charge >= 0.3 is 0 Å². The number of hydrogen-bond donors (Lipinski definition) is 1. The Morgan fingerprint density at radius 3 is 2.59 bits per heavy atom. The Labute approximate surface area is 104 Å². The first-order chi connectivity index (χ1) is 8.04. The van der Waals surface area contributed by atoms with Crippen LogP contribution in [0.25, 0.3) is 0 Å². The second-order valence-corrected chi connectivity index (χ2v) is 4.55. The van der Waals surface area contributed by atoms with Crippen molar-refractivity contribution in [2.24, 2.45) is 0 Å². The van der Waals surface area contributed by atoms with E-state index in [2.05, 4.69) is 22.4 Å². The molecule has 2 amide bonds. The lowest BCUT2D eigenvalue weighted by molar-refractivity contribution is -0.116. The van der Waals surface area contributed by atoms with Crippen molar-refractivity contribution >= 4 is 33.4 Å². The minimum atomic E-state index is -0.198. The monoisotopic (exact) mass is 256 g/mol. The van der Waals surface area contributed by atoms with Crippen molar-refractivity contribution < 1.29 is 9.59 Å². The van der Waals surface area contributed by atoms with Crippen LogP contribution in [0.1, 0.15) is 33.6 Å². The number of hydrogen-bond acceptors (Lipinski definition) is 5. The van der Waals surface area contributed by atoms with Gasteiger partial charge in [-0.25, -0.2) is 0 Å². The van der Waals surface area contributed by atoms with Crippen molar-refractivity contribution in [3.8, 4) is 0 Å². The summed E-state index contributed by atoms with van der Waals surface area (Å²) in [5.41, 5.74) is 0. The van der Waals surface area contributed by atoms with Gasteiger partial charge in [0.05, 0.1) is 0 Å². The summed E-state index contributed by atoms with van der Waals surface area (Å²) in [4.78, 5) is 23.9. The largest absolute Gasteiger partial charge is 0.301 e. The van der Waals surface area contributed by atoms with E-state index >= 15 is 0 Å². The molecule has 0 atom stereocenters. The third-order valence-corrected chi connectivity index (χ3v) is 2.91. The zero-order valence-electron chi connectivity index (χ0n) is 10.2. The number of carbonyl (C=O) groups excluding carboxylic acids is 2. The molecule has 0 aromatic carbocycles. The zero-order chi connectivity index (χ0) is 12.8. The average Bonchev–Trinajstić information content (AvgIpc) is 2.65. The summed E-state index contributed by atoms with van der Waals surface area (Å²) in [6.07, 6.45) is 1.91. The minimum absolute atomic E-state index is 0.0658. The van der Waals surface area contributed by atoms with E-state index in [-0.39, 0.29) is 11.8 Å². The molecule has 0 radical (unpaired) electrons. The van der Waals surface area contributed by atoms with Crippen LogP contribution < -0.4 is 10.2 Å². The van der Waals surface area contributed by atoms with E-state index < -0.39 is 0 Å². The molecule has 0 saturated heterocycles. The first-order valence-corrected chi connectivity index (χ1v) is 6.25. The van der Waals surface area contributed by atoms with Gasteiger partial charge in [-0.15, -0.1) is 10.2 Å². The number of nitrogens with zero attached hydrogens (tertiary/aromatic N) is 3. The summed E-state index contributed by atoms with van der Waals surface area (Å²) in [6.45, 7) is 5.58. The van der Waals surface area contributed by atoms with Crippen LogP contribution in [0.5, 0.6) is 0 Å². The number of rotatable bonds is 5. The van der Waals surface area contributed by atoms with Crippen LogP contribution in [0.15, 0.2) is 0 Å². The van der Waals surface area contributed by atoms with E-state index in [0.29, 0.717) is 16.8 Å². The smallest absolute Gasteiger partial charge is 0.225 e. The molecule has 17 heavy (non-hydrogen) atoms. The van der Waals surface area contributed by atoms with Gasteiger partial charge in [0.15, 0.2) is 0 Å². The number of amides is 2. The SMILES string of the molecule is CCCCN(C(C)=O)c1nnc(NC(C)=O)s1. The minimum Gasteiger partial charge on any atom is -0.301 e. The molecule has 1 aromatic heterocycles. The topological polar surface area (TPSA) is 75.2 Å². The van der Waals surface area contributed by atoms with Crippen molar-refractivity contribution in [3.63, 3.8) is 0 Å². The molecule has 0 aliphatic rings. The van der Waals surface area contributed by atoms with Gasteiger partial charge in [-0.2, -0.15) is 0 Å². The van der Waals surface area contributed by atoms with E-state index in [1.807, 2.05) is 0 Å². The molecule has 0 saturated carbocycles. The van der Waals surface area contributed by atoms with Crippen LogP contribution in [0.2, 0.25) is 0 Å². The maximum atomic E-state index is 11.5. The molecule has 0 aliphatic heterocycles. The van der Waals surface area contributed by atoms with Gasteiger partial charge in [-0.3, -0.25) is 14.5 Å². The predicted octanol–water partition coefficient (Wildman–Crippen LogP) is 1.65. The number of aromatic nitrogens is 2. The first kappa shape index (κ1) is 13.6. The Morgan fingerprint density at radius 1 is 1.35 bits per heavy atom. The Balaban J connectivity index is 2.76. The Morgan fingerprint density at radius 2 is 2.06 bits per heavy atom. The Kier molecular flexibility index (Phi) is 5.02. The lowest BCUT2D eigenvalue weighted by Gasteiger charge is -2.16. The molecule has 1 aromatic rings. The second-order valence-electron chi connectivity index (χ2n) is 3.60. The molecule has 1 N–H and O–H groups in total. The average molecular weight is 256 g/mol. The quantitative estimate of drug-likeness (QED) is 0.869. The fourth-order valence-electron chi connectivity index (χ4n) is 1.23. The van der Waals surface area contributed by atoms with Gasteiger partial charge in [-0.05, 0) is 6.42 Å². The highest BCUT2D eigenvalue weighted by Crippen LogP contribution is 2.24. The van der Waals surface area contributed by atoms with E-state index in [9.17, 15) is 9.59 Å². The highest BCUT2D eigenvalue weighted by molar-refractivity contribution is 7.19. The number of carbonyl (C=O) groups is 2. The van der Waals surface area contributed by atoms with Gasteiger partial charge < -0.3 is 5.32 Å². The summed E-state index contributed by atoms with van der Waals surface area (Å²) in [7, 11) is 0. The summed E-state index contributed by atoms with van der Waals surface area (Å²) < 4.78 is 0. The van der Waals surface area contributed by atoms with Gasteiger partial charge in [0.25, 0.3) is 0 Å². The third-order valence-electron chi connectivity index (χ3n) is 2.04. The van der Waals surface area contributed by atoms with Gasteiger partial charge in [0.1, 0.15) is 0 Å². The lowest BCUT2D eigenvalue weighted by Crippen LogP contribution is -2.29. The number of anilines is 2. The molecule has 0 fully saturated rings. The highest BCUT2D eigenvalue weighted by atomic mass is 32.1. The van der Waals surface area contributed by atoms with Crippen molar-refractivity contribution in [2.45, 2.75) is 33.6 Å². The first-order valence-electron chi connectivity index (χ1n) is 5.43. The van der Waals surface area contributed by atoms with E-state index in [0.717, 1.165) is 12.8 Å². The van der Waals surface area contributed by atoms with Crippen LogP contribution in [0, 0.1) is 0 Å². The third kappa shape index (κ3) is 4.10. The summed E-state index contributed by atoms with van der Waals surface area (Å²) in [6, 6.07) is 0. The Bertz CT molecular complexity index is 405. The summed E-state index contributed by atoms with van der Waals surface area (Å²) in [5, 5.41) is 11.2. The van der Waals surface area contributed by atoms with Crippen molar-refractivity contribution in [3.05, 3.63) is 0 Å². The van der Waals surface area contributed by atoms with Gasteiger partial charge in [0.2, 0.25) is 22.1 Å². The number of unbranched alkanes of at least 4 members (excludes halogenated alkanes) is 1. The van der Waals surface area contributed by atoms with Crippen LogP contribution >= 0.6 is 11.3 Å². The van der Waals surface area contributed by atoms with Crippen molar-refractivity contribution in [1.82, 2.24) is 10.2 Å². The van der Waals surface area contributed by atoms with Crippen molar-refractivity contribution in [2.75, 3.05) is 16.8 Å². The summed E-state index contributed by atoms with van der Waals surface area (Å²) >= 11 is 1.20. The van der Waals surface area contributed by atoms with E-state index in [1.54, 1.807) is 4.90 Å². The molecular weight excluding hydrogens is 240 g/mol. The fourth-order valence-corrected chi connectivity index (χ4v) is 2.09. The predicted molar refractivity (Wildman–Crippen MR) is 67.1 cm³/mol. The molecule has 1 rings (SSSR count). The van der Waals surface area contributed by atoms with Crippen LogP contribution in [-0.2, 0) is 9.59 Å². The molecular formula is C10H16N4O2S. The van der Waals surface area contributed by atoms with E-state index in [1.165, 1.54) is 25.2 Å². The molecule has 94 valence electrons. The second kappa shape index (κ2) is 6.29.